The molecule has 1 heterocycles. The number of carbonyl (C=O) groups excluding carboxylic acids is 1. The van der Waals surface area contributed by atoms with Crippen LogP contribution in [0.15, 0.2) is 36.4 Å². The van der Waals surface area contributed by atoms with Gasteiger partial charge in [0.1, 0.15) is 0 Å². The molecule has 1 aliphatic heterocycles. The molecule has 0 bridgehead atoms. The zero-order chi connectivity index (χ0) is 20.8. The zero-order valence-electron chi connectivity index (χ0n) is 17.6. The van der Waals surface area contributed by atoms with Gasteiger partial charge in [0.05, 0.1) is 61.0 Å². The number of nitrogens with one attached hydrogen (secondary N) is 2. The van der Waals surface area contributed by atoms with Gasteiger partial charge in [-0.05, 0) is 42.0 Å². The molecule has 29 heavy (non-hydrogen) atoms. The lowest BCUT2D eigenvalue weighted by Crippen LogP contribution is -3.12. The number of anilines is 2. The van der Waals surface area contributed by atoms with Gasteiger partial charge >= 0.3 is 0 Å². The van der Waals surface area contributed by atoms with E-state index in [0.29, 0.717) is 17.2 Å². The van der Waals surface area contributed by atoms with Crippen molar-refractivity contribution in [1.29, 1.82) is 0 Å². The van der Waals surface area contributed by atoms with Gasteiger partial charge in [-0.2, -0.15) is 0 Å². The molecule has 1 saturated heterocycles. The van der Waals surface area contributed by atoms with Crippen molar-refractivity contribution in [3.63, 3.8) is 0 Å². The average Bonchev–Trinajstić information content (AvgIpc) is 2.74. The van der Waals surface area contributed by atoms with Crippen molar-refractivity contribution in [1.82, 2.24) is 0 Å². The molecule has 0 aromatic heterocycles. The summed E-state index contributed by atoms with van der Waals surface area (Å²) in [6.07, 6.45) is 0.208. The van der Waals surface area contributed by atoms with E-state index in [9.17, 15) is 4.79 Å². The number of carbonyl (C=O) groups is 1. The topological polar surface area (TPSA) is 64.5 Å². The third-order valence-corrected chi connectivity index (χ3v) is 5.22. The zero-order valence-corrected chi connectivity index (χ0v) is 17.6. The summed E-state index contributed by atoms with van der Waals surface area (Å²) in [7, 11) is 6.90. The molecule has 0 spiro atoms. The highest BCUT2D eigenvalue weighted by Gasteiger charge is 2.17. The number of amides is 1. The molecule has 3 rings (SSSR count). The van der Waals surface area contributed by atoms with Crippen molar-refractivity contribution in [3.05, 3.63) is 42.0 Å². The maximum atomic E-state index is 12.5. The molecule has 156 valence electrons. The van der Waals surface area contributed by atoms with Crippen LogP contribution in [-0.4, -0.2) is 60.5 Å². The molecule has 1 amide bonds. The molecular weight excluding hydrogens is 370 g/mol. The van der Waals surface area contributed by atoms with Crippen LogP contribution in [-0.2, 0) is 11.2 Å². The van der Waals surface area contributed by atoms with E-state index < -0.39 is 0 Å². The first-order valence-corrected chi connectivity index (χ1v) is 9.79. The molecule has 0 atom stereocenters. The van der Waals surface area contributed by atoms with Crippen molar-refractivity contribution in [2.75, 3.05) is 64.8 Å². The smallest absolute Gasteiger partial charge is 0.228 e. The summed E-state index contributed by atoms with van der Waals surface area (Å²) < 4.78 is 16.0. The Morgan fingerprint density at radius 1 is 1.00 bits per heavy atom. The van der Waals surface area contributed by atoms with Gasteiger partial charge in [-0.1, -0.05) is 0 Å². The van der Waals surface area contributed by atoms with Crippen molar-refractivity contribution < 1.29 is 23.9 Å². The van der Waals surface area contributed by atoms with E-state index in [1.165, 1.54) is 5.69 Å². The summed E-state index contributed by atoms with van der Waals surface area (Å²) in [6, 6.07) is 11.6. The number of rotatable bonds is 7. The number of benzene rings is 2. The second-order valence-electron chi connectivity index (χ2n) is 7.25. The molecule has 0 saturated carbocycles. The Kier molecular flexibility index (Phi) is 6.82. The lowest BCUT2D eigenvalue weighted by atomic mass is 10.1. The van der Waals surface area contributed by atoms with Crippen LogP contribution in [0.5, 0.6) is 17.2 Å². The molecule has 2 aromatic rings. The van der Waals surface area contributed by atoms with Crippen LogP contribution in [0.4, 0.5) is 11.4 Å². The van der Waals surface area contributed by atoms with E-state index in [-0.39, 0.29) is 12.3 Å². The summed E-state index contributed by atoms with van der Waals surface area (Å²) in [4.78, 5) is 16.5. The first-order valence-electron chi connectivity index (χ1n) is 9.79. The minimum absolute atomic E-state index is 0.102. The van der Waals surface area contributed by atoms with Gasteiger partial charge in [-0.25, -0.2) is 0 Å². The van der Waals surface area contributed by atoms with E-state index >= 15 is 0 Å². The minimum atomic E-state index is -0.102. The number of hydrogen-bond acceptors (Lipinski definition) is 5. The van der Waals surface area contributed by atoms with Gasteiger partial charge in [0, 0.05) is 11.4 Å². The van der Waals surface area contributed by atoms with Crippen LogP contribution in [0.25, 0.3) is 0 Å². The van der Waals surface area contributed by atoms with Crippen LogP contribution in [0, 0.1) is 0 Å². The summed E-state index contributed by atoms with van der Waals surface area (Å²) in [5, 5.41) is 2.96. The molecule has 2 N–H and O–H groups in total. The fourth-order valence-electron chi connectivity index (χ4n) is 3.53. The molecule has 7 nitrogen and oxygen atoms in total. The number of nitrogens with zero attached hydrogens (tertiary/aromatic N) is 1. The number of ether oxygens (including phenoxy) is 3. The molecule has 0 aliphatic carbocycles. The number of likely N-dealkylation sites (N-methyl/N-ethyl adjacent to an activating group) is 1. The molecule has 2 aromatic carbocycles. The predicted molar refractivity (Wildman–Crippen MR) is 114 cm³/mol. The van der Waals surface area contributed by atoms with E-state index in [1.54, 1.807) is 38.4 Å². The van der Waals surface area contributed by atoms with Crippen molar-refractivity contribution >= 4 is 17.3 Å². The second-order valence-corrected chi connectivity index (χ2v) is 7.25. The average molecular weight is 400 g/mol. The molecule has 0 radical (unpaired) electrons. The largest absolute Gasteiger partial charge is 0.493 e. The van der Waals surface area contributed by atoms with Gasteiger partial charge in [-0.3, -0.25) is 4.79 Å². The third kappa shape index (κ3) is 5.12. The van der Waals surface area contributed by atoms with Crippen LogP contribution in [0.3, 0.4) is 0 Å². The maximum absolute atomic E-state index is 12.5. The third-order valence-electron chi connectivity index (χ3n) is 5.22. The lowest BCUT2D eigenvalue weighted by molar-refractivity contribution is -0.880. The Bertz CT molecular complexity index is 805. The van der Waals surface area contributed by atoms with E-state index in [1.807, 2.05) is 12.1 Å². The first kappa shape index (κ1) is 20.8. The van der Waals surface area contributed by atoms with Gasteiger partial charge in [0.15, 0.2) is 11.5 Å². The first-order chi connectivity index (χ1) is 14.0. The Hall–Kier alpha value is -2.93. The van der Waals surface area contributed by atoms with Gasteiger partial charge in [-0.15, -0.1) is 0 Å². The van der Waals surface area contributed by atoms with Crippen molar-refractivity contribution in [2.45, 2.75) is 6.42 Å². The monoisotopic (exact) mass is 400 g/mol. The van der Waals surface area contributed by atoms with E-state index in [0.717, 1.165) is 37.4 Å². The van der Waals surface area contributed by atoms with E-state index in [2.05, 4.69) is 29.4 Å². The van der Waals surface area contributed by atoms with E-state index in [4.69, 9.17) is 14.2 Å². The minimum Gasteiger partial charge on any atom is -0.493 e. The van der Waals surface area contributed by atoms with Crippen LogP contribution < -0.4 is 29.3 Å². The Balaban J connectivity index is 1.63. The highest BCUT2D eigenvalue weighted by atomic mass is 16.5. The fraction of sp³-hybridized carbons (Fsp3) is 0.409. The summed E-state index contributed by atoms with van der Waals surface area (Å²) >= 11 is 0. The fourth-order valence-corrected chi connectivity index (χ4v) is 3.53. The van der Waals surface area contributed by atoms with Crippen molar-refractivity contribution in [2.24, 2.45) is 0 Å². The summed E-state index contributed by atoms with van der Waals surface area (Å²) in [5.41, 5.74) is 2.76. The SMILES string of the molecule is COc1cc(CC(=O)Nc2ccc(N3CC[NH+](C)CC3)cc2)cc(OC)c1OC. The standard InChI is InChI=1S/C22H29N3O4/c1-24-9-11-25(12-10-24)18-7-5-17(6-8-18)23-21(26)15-16-13-19(27-2)22(29-4)20(14-16)28-3/h5-8,13-14H,9-12,15H2,1-4H3,(H,23,26)/p+1. The molecule has 7 heteroatoms. The molecule has 0 unspecified atom stereocenters. The lowest BCUT2D eigenvalue weighted by Gasteiger charge is -2.31. The Morgan fingerprint density at radius 2 is 1.59 bits per heavy atom. The number of quaternary nitrogens is 1. The normalized spacial score (nSPS) is 14.4. The van der Waals surface area contributed by atoms with Crippen LogP contribution in [0.1, 0.15) is 5.56 Å². The summed E-state index contributed by atoms with van der Waals surface area (Å²) in [6.45, 7) is 4.40. The number of piperazine rings is 1. The van der Waals surface area contributed by atoms with Crippen LogP contribution >= 0.6 is 0 Å². The molecule has 1 aliphatic rings. The number of methoxy groups -OCH3 is 3. The highest BCUT2D eigenvalue weighted by molar-refractivity contribution is 5.92. The van der Waals surface area contributed by atoms with Gasteiger partial charge in [0.2, 0.25) is 11.7 Å². The number of hydrogen-bond donors (Lipinski definition) is 2. The van der Waals surface area contributed by atoms with Crippen LogP contribution in [0.2, 0.25) is 0 Å². The second kappa shape index (κ2) is 9.52. The maximum Gasteiger partial charge on any atom is 0.228 e. The highest BCUT2D eigenvalue weighted by Crippen LogP contribution is 2.38. The van der Waals surface area contributed by atoms with Gasteiger partial charge < -0.3 is 29.3 Å². The predicted octanol–water partition coefficient (Wildman–Crippen LogP) is 1.23. The van der Waals surface area contributed by atoms with Crippen molar-refractivity contribution in [3.8, 4) is 17.2 Å². The Labute approximate surface area is 172 Å². The molecule has 1 fully saturated rings. The molecular formula is C22H30N3O4+. The quantitative estimate of drug-likeness (QED) is 0.732. The van der Waals surface area contributed by atoms with Gasteiger partial charge in [0.25, 0.3) is 0 Å². The Morgan fingerprint density at radius 3 is 2.10 bits per heavy atom. The summed E-state index contributed by atoms with van der Waals surface area (Å²) in [5.74, 6) is 1.48.